The second-order valence-corrected chi connectivity index (χ2v) is 4.11. The van der Waals surface area contributed by atoms with Crippen molar-refractivity contribution in [3.8, 4) is 6.07 Å². The van der Waals surface area contributed by atoms with Gasteiger partial charge in [-0.05, 0) is 36.0 Å². The molecule has 2 atom stereocenters. The summed E-state index contributed by atoms with van der Waals surface area (Å²) < 4.78 is 0. The topological polar surface area (TPSA) is 78.9 Å². The van der Waals surface area contributed by atoms with E-state index in [9.17, 15) is 4.79 Å². The van der Waals surface area contributed by atoms with Crippen molar-refractivity contribution >= 4 is 5.91 Å². The standard InChI is InChI=1S/C12H13N3O/c13-7-8-1-3-9(4-2-8)11-5-10(11)6-12(16)15-14/h1-4,10-11H,5-6,14H2,(H,15,16). The zero-order valence-corrected chi connectivity index (χ0v) is 8.81. The average Bonchev–Trinajstić information content (AvgIpc) is 3.08. The molecule has 0 aromatic heterocycles. The molecule has 0 spiro atoms. The van der Waals surface area contributed by atoms with Gasteiger partial charge in [0.05, 0.1) is 11.6 Å². The molecule has 0 aliphatic heterocycles. The lowest BCUT2D eigenvalue weighted by Gasteiger charge is -2.00. The second kappa shape index (κ2) is 4.33. The first-order valence-corrected chi connectivity index (χ1v) is 5.24. The third-order valence-electron chi connectivity index (χ3n) is 3.00. The lowest BCUT2D eigenvalue weighted by molar-refractivity contribution is -0.121. The summed E-state index contributed by atoms with van der Waals surface area (Å²) in [6.45, 7) is 0. The Morgan fingerprint density at radius 1 is 1.50 bits per heavy atom. The minimum absolute atomic E-state index is 0.110. The SMILES string of the molecule is N#Cc1ccc(C2CC2CC(=O)NN)cc1. The number of carbonyl (C=O) groups excluding carboxylic acids is 1. The van der Waals surface area contributed by atoms with Crippen molar-refractivity contribution < 1.29 is 4.79 Å². The van der Waals surface area contributed by atoms with Crippen LogP contribution in [0.5, 0.6) is 0 Å². The third-order valence-corrected chi connectivity index (χ3v) is 3.00. The van der Waals surface area contributed by atoms with Crippen molar-refractivity contribution in [2.75, 3.05) is 0 Å². The monoisotopic (exact) mass is 215 g/mol. The normalized spacial score (nSPS) is 22.2. The Morgan fingerprint density at radius 3 is 2.75 bits per heavy atom. The molecule has 0 heterocycles. The fourth-order valence-corrected chi connectivity index (χ4v) is 1.98. The number of nitriles is 1. The van der Waals surface area contributed by atoms with Crippen LogP contribution in [0.4, 0.5) is 0 Å². The average molecular weight is 215 g/mol. The van der Waals surface area contributed by atoms with Crippen LogP contribution in [0.2, 0.25) is 0 Å². The minimum atomic E-state index is -0.110. The van der Waals surface area contributed by atoms with Crippen LogP contribution < -0.4 is 11.3 Å². The summed E-state index contributed by atoms with van der Waals surface area (Å²) in [5.74, 6) is 5.77. The molecule has 1 aliphatic rings. The van der Waals surface area contributed by atoms with Crippen LogP contribution in [0.15, 0.2) is 24.3 Å². The number of benzene rings is 1. The van der Waals surface area contributed by atoms with Gasteiger partial charge in [-0.2, -0.15) is 5.26 Å². The van der Waals surface area contributed by atoms with Crippen LogP contribution >= 0.6 is 0 Å². The molecule has 0 bridgehead atoms. The maximum absolute atomic E-state index is 11.1. The summed E-state index contributed by atoms with van der Waals surface area (Å²) in [5.41, 5.74) is 4.01. The van der Waals surface area contributed by atoms with Gasteiger partial charge < -0.3 is 0 Å². The van der Waals surface area contributed by atoms with Crippen molar-refractivity contribution in [1.82, 2.24) is 5.43 Å². The van der Waals surface area contributed by atoms with Gasteiger partial charge in [0.25, 0.3) is 0 Å². The molecule has 1 aliphatic carbocycles. The fraction of sp³-hybridized carbons (Fsp3) is 0.333. The number of nitrogens with zero attached hydrogens (tertiary/aromatic N) is 1. The van der Waals surface area contributed by atoms with Crippen molar-refractivity contribution in [1.29, 1.82) is 5.26 Å². The molecular weight excluding hydrogens is 202 g/mol. The molecule has 2 rings (SSSR count). The maximum atomic E-state index is 11.1. The van der Waals surface area contributed by atoms with Gasteiger partial charge in [0.15, 0.2) is 0 Å². The highest BCUT2D eigenvalue weighted by molar-refractivity contribution is 5.76. The lowest BCUT2D eigenvalue weighted by Crippen LogP contribution is -2.30. The molecule has 4 nitrogen and oxygen atoms in total. The van der Waals surface area contributed by atoms with Gasteiger partial charge in [-0.3, -0.25) is 10.2 Å². The summed E-state index contributed by atoms with van der Waals surface area (Å²) in [7, 11) is 0. The Morgan fingerprint density at radius 2 is 2.19 bits per heavy atom. The molecule has 4 heteroatoms. The summed E-state index contributed by atoms with van der Waals surface area (Å²) in [6, 6.07) is 9.64. The summed E-state index contributed by atoms with van der Waals surface area (Å²) in [4.78, 5) is 11.1. The first kappa shape index (κ1) is 10.7. The molecule has 2 unspecified atom stereocenters. The smallest absolute Gasteiger partial charge is 0.234 e. The number of hydrazine groups is 1. The number of carbonyl (C=O) groups is 1. The molecule has 1 aromatic rings. The summed E-state index contributed by atoms with van der Waals surface area (Å²) in [6.07, 6.45) is 1.51. The van der Waals surface area contributed by atoms with Crippen molar-refractivity contribution in [3.63, 3.8) is 0 Å². The lowest BCUT2D eigenvalue weighted by atomic mass is 10.1. The second-order valence-electron chi connectivity index (χ2n) is 4.11. The largest absolute Gasteiger partial charge is 0.294 e. The molecule has 1 fully saturated rings. The van der Waals surface area contributed by atoms with Crippen molar-refractivity contribution in [2.45, 2.75) is 18.8 Å². The number of rotatable bonds is 3. The Bertz CT molecular complexity index is 433. The Balaban J connectivity index is 1.96. The predicted octanol–water partition coefficient (Wildman–Crippen LogP) is 1.04. The van der Waals surface area contributed by atoms with Crippen molar-refractivity contribution in [3.05, 3.63) is 35.4 Å². The van der Waals surface area contributed by atoms with Crippen LogP contribution in [0.1, 0.15) is 29.9 Å². The number of hydrogen-bond donors (Lipinski definition) is 2. The van der Waals surface area contributed by atoms with E-state index in [1.165, 1.54) is 5.56 Å². The molecule has 1 amide bonds. The van der Waals surface area contributed by atoms with E-state index in [1.807, 2.05) is 24.3 Å². The minimum Gasteiger partial charge on any atom is -0.294 e. The number of nitrogens with one attached hydrogen (secondary N) is 1. The van der Waals surface area contributed by atoms with Crippen LogP contribution in [0.25, 0.3) is 0 Å². The van der Waals surface area contributed by atoms with E-state index in [4.69, 9.17) is 11.1 Å². The first-order chi connectivity index (χ1) is 7.74. The zero-order chi connectivity index (χ0) is 11.5. The van der Waals surface area contributed by atoms with E-state index in [0.717, 1.165) is 6.42 Å². The highest BCUT2D eigenvalue weighted by Crippen LogP contribution is 2.49. The molecule has 16 heavy (non-hydrogen) atoms. The zero-order valence-electron chi connectivity index (χ0n) is 8.81. The Kier molecular flexibility index (Phi) is 2.88. The van der Waals surface area contributed by atoms with E-state index in [-0.39, 0.29) is 5.91 Å². The molecule has 0 saturated heterocycles. The van der Waals surface area contributed by atoms with E-state index < -0.39 is 0 Å². The van der Waals surface area contributed by atoms with Gasteiger partial charge in [0, 0.05) is 6.42 Å². The molecule has 0 radical (unpaired) electrons. The van der Waals surface area contributed by atoms with Gasteiger partial charge in [0.2, 0.25) is 5.91 Å². The molecule has 3 N–H and O–H groups in total. The van der Waals surface area contributed by atoms with Gasteiger partial charge in [-0.15, -0.1) is 0 Å². The van der Waals surface area contributed by atoms with Crippen LogP contribution in [0.3, 0.4) is 0 Å². The predicted molar refractivity (Wildman–Crippen MR) is 59.0 cm³/mol. The van der Waals surface area contributed by atoms with Gasteiger partial charge in [-0.1, -0.05) is 12.1 Å². The summed E-state index contributed by atoms with van der Waals surface area (Å²) in [5, 5.41) is 8.67. The third kappa shape index (κ3) is 2.20. The maximum Gasteiger partial charge on any atom is 0.234 e. The Labute approximate surface area is 94.0 Å². The number of nitrogens with two attached hydrogens (primary N) is 1. The van der Waals surface area contributed by atoms with Gasteiger partial charge in [-0.25, -0.2) is 5.84 Å². The van der Waals surface area contributed by atoms with Crippen LogP contribution in [-0.4, -0.2) is 5.91 Å². The number of amides is 1. The first-order valence-electron chi connectivity index (χ1n) is 5.24. The molecule has 82 valence electrons. The van der Waals surface area contributed by atoms with Crippen LogP contribution in [-0.2, 0) is 4.79 Å². The molecular formula is C12H13N3O. The molecule has 1 aromatic carbocycles. The summed E-state index contributed by atoms with van der Waals surface area (Å²) >= 11 is 0. The molecule has 1 saturated carbocycles. The van der Waals surface area contributed by atoms with E-state index in [2.05, 4.69) is 11.5 Å². The van der Waals surface area contributed by atoms with Crippen molar-refractivity contribution in [2.24, 2.45) is 11.8 Å². The quantitative estimate of drug-likeness (QED) is 0.449. The highest BCUT2D eigenvalue weighted by atomic mass is 16.2. The fourth-order valence-electron chi connectivity index (χ4n) is 1.98. The van der Waals surface area contributed by atoms with E-state index in [0.29, 0.717) is 23.8 Å². The van der Waals surface area contributed by atoms with Gasteiger partial charge >= 0.3 is 0 Å². The Hall–Kier alpha value is -1.86. The van der Waals surface area contributed by atoms with Crippen LogP contribution in [0, 0.1) is 17.2 Å². The van der Waals surface area contributed by atoms with E-state index in [1.54, 1.807) is 0 Å². The number of hydrogen-bond acceptors (Lipinski definition) is 3. The van der Waals surface area contributed by atoms with E-state index >= 15 is 0 Å². The van der Waals surface area contributed by atoms with Gasteiger partial charge in [0.1, 0.15) is 0 Å². The highest BCUT2D eigenvalue weighted by Gasteiger charge is 2.39.